The molecule has 1 atom stereocenters. The summed E-state index contributed by atoms with van der Waals surface area (Å²) in [5.74, 6) is 0.628. The molecule has 0 saturated heterocycles. The van der Waals surface area contributed by atoms with Gasteiger partial charge in [0.1, 0.15) is 0 Å². The predicted octanol–water partition coefficient (Wildman–Crippen LogP) is 2.88. The van der Waals surface area contributed by atoms with E-state index in [-0.39, 0.29) is 0 Å². The Labute approximate surface area is 127 Å². The molecule has 1 N–H and O–H groups in total. The van der Waals surface area contributed by atoms with Crippen molar-refractivity contribution in [3.05, 3.63) is 53.3 Å². The third-order valence-corrected chi connectivity index (χ3v) is 4.24. The Bertz CT molecular complexity index is 569. The van der Waals surface area contributed by atoms with E-state index in [0.29, 0.717) is 5.92 Å². The van der Waals surface area contributed by atoms with E-state index < -0.39 is 0 Å². The first-order valence-electron chi connectivity index (χ1n) is 7.97. The number of hydrogen-bond acceptors (Lipinski definition) is 2. The van der Waals surface area contributed by atoms with Crippen LogP contribution in [-0.4, -0.2) is 22.4 Å². The molecule has 1 fully saturated rings. The van der Waals surface area contributed by atoms with Crippen LogP contribution in [0.4, 0.5) is 0 Å². The van der Waals surface area contributed by atoms with Crippen LogP contribution in [0, 0.1) is 12.8 Å². The van der Waals surface area contributed by atoms with Crippen LogP contribution in [0.25, 0.3) is 0 Å². The van der Waals surface area contributed by atoms with E-state index in [9.17, 15) is 0 Å². The van der Waals surface area contributed by atoms with Gasteiger partial charge in [-0.1, -0.05) is 30.3 Å². The Hall–Kier alpha value is -1.61. The molecule has 0 spiro atoms. The summed E-state index contributed by atoms with van der Waals surface area (Å²) in [4.78, 5) is 0. The summed E-state index contributed by atoms with van der Waals surface area (Å²) in [5, 5.41) is 8.17. The van der Waals surface area contributed by atoms with E-state index >= 15 is 0 Å². The van der Waals surface area contributed by atoms with Crippen molar-refractivity contribution in [3.8, 4) is 0 Å². The average Bonchev–Trinajstić information content (AvgIpc) is 3.24. The highest BCUT2D eigenvalue weighted by Gasteiger charge is 2.22. The Morgan fingerprint density at radius 3 is 2.62 bits per heavy atom. The molecule has 3 nitrogen and oxygen atoms in total. The number of nitrogens with zero attached hydrogens (tertiary/aromatic N) is 2. The highest BCUT2D eigenvalue weighted by atomic mass is 15.3. The number of rotatable bonds is 7. The smallest absolute Gasteiger partial charge is 0.0596 e. The van der Waals surface area contributed by atoms with Gasteiger partial charge in [0.25, 0.3) is 0 Å². The lowest BCUT2D eigenvalue weighted by molar-refractivity contribution is 0.456. The van der Waals surface area contributed by atoms with E-state index in [1.165, 1.54) is 24.1 Å². The zero-order valence-electron chi connectivity index (χ0n) is 13.0. The molecule has 2 aromatic rings. The fourth-order valence-electron chi connectivity index (χ4n) is 2.94. The molecule has 112 valence electrons. The molecule has 3 heteroatoms. The molecule has 0 bridgehead atoms. The Kier molecular flexibility index (Phi) is 4.39. The molecule has 1 heterocycles. The Balaban J connectivity index is 1.67. The second-order valence-electron chi connectivity index (χ2n) is 6.34. The van der Waals surface area contributed by atoms with Gasteiger partial charge in [-0.2, -0.15) is 5.10 Å². The van der Waals surface area contributed by atoms with Crippen molar-refractivity contribution in [2.45, 2.75) is 38.6 Å². The maximum absolute atomic E-state index is 4.47. The maximum Gasteiger partial charge on any atom is 0.0596 e. The molecule has 0 radical (unpaired) electrons. The van der Waals surface area contributed by atoms with Crippen LogP contribution in [-0.2, 0) is 19.9 Å². The normalized spacial score (nSPS) is 16.1. The minimum Gasteiger partial charge on any atom is -0.314 e. The van der Waals surface area contributed by atoms with Crippen molar-refractivity contribution in [2.24, 2.45) is 13.0 Å². The first-order chi connectivity index (χ1) is 10.2. The second kappa shape index (κ2) is 6.44. The molecule has 1 aromatic carbocycles. The summed E-state index contributed by atoms with van der Waals surface area (Å²) in [6.07, 6.45) is 4.92. The fraction of sp³-hybridized carbons (Fsp3) is 0.500. The van der Waals surface area contributed by atoms with Crippen LogP contribution in [0.15, 0.2) is 36.4 Å². The van der Waals surface area contributed by atoms with E-state index in [1.54, 1.807) is 0 Å². The third kappa shape index (κ3) is 4.18. The van der Waals surface area contributed by atoms with Crippen molar-refractivity contribution in [1.82, 2.24) is 15.1 Å². The van der Waals surface area contributed by atoms with Gasteiger partial charge in [-0.15, -0.1) is 0 Å². The molecule has 21 heavy (non-hydrogen) atoms. The predicted molar refractivity (Wildman–Crippen MR) is 86.3 cm³/mol. The van der Waals surface area contributed by atoms with Gasteiger partial charge in [-0.25, -0.2) is 0 Å². The van der Waals surface area contributed by atoms with Gasteiger partial charge in [0.05, 0.1) is 5.69 Å². The first kappa shape index (κ1) is 14.3. The van der Waals surface area contributed by atoms with Crippen molar-refractivity contribution in [2.75, 3.05) is 6.54 Å². The van der Waals surface area contributed by atoms with Crippen LogP contribution in [0.5, 0.6) is 0 Å². The van der Waals surface area contributed by atoms with Gasteiger partial charge < -0.3 is 5.32 Å². The lowest BCUT2D eigenvalue weighted by Gasteiger charge is -2.18. The minimum atomic E-state index is 0.628. The highest BCUT2D eigenvalue weighted by Crippen LogP contribution is 2.21. The molecule has 1 aliphatic rings. The van der Waals surface area contributed by atoms with Crippen LogP contribution >= 0.6 is 0 Å². The fourth-order valence-corrected chi connectivity index (χ4v) is 2.94. The maximum atomic E-state index is 4.47. The molecule has 0 amide bonds. The first-order valence-corrected chi connectivity index (χ1v) is 7.97. The third-order valence-electron chi connectivity index (χ3n) is 4.24. The van der Waals surface area contributed by atoms with E-state index in [1.807, 2.05) is 4.68 Å². The summed E-state index contributed by atoms with van der Waals surface area (Å²) >= 11 is 0. The van der Waals surface area contributed by atoms with Gasteiger partial charge >= 0.3 is 0 Å². The number of benzene rings is 1. The van der Waals surface area contributed by atoms with E-state index in [2.05, 4.69) is 60.8 Å². The van der Waals surface area contributed by atoms with Crippen molar-refractivity contribution < 1.29 is 0 Å². The van der Waals surface area contributed by atoms with E-state index in [0.717, 1.165) is 31.1 Å². The minimum absolute atomic E-state index is 0.628. The molecule has 3 rings (SSSR count). The molecule has 0 aliphatic heterocycles. The van der Waals surface area contributed by atoms with Crippen molar-refractivity contribution in [3.63, 3.8) is 0 Å². The second-order valence-corrected chi connectivity index (χ2v) is 6.34. The van der Waals surface area contributed by atoms with Crippen LogP contribution in [0.3, 0.4) is 0 Å². The monoisotopic (exact) mass is 283 g/mol. The topological polar surface area (TPSA) is 29.9 Å². The quantitative estimate of drug-likeness (QED) is 0.847. The molecular formula is C18H25N3. The lowest BCUT2D eigenvalue weighted by Crippen LogP contribution is -2.28. The van der Waals surface area contributed by atoms with Crippen molar-refractivity contribution in [1.29, 1.82) is 0 Å². The molecular weight excluding hydrogens is 258 g/mol. The summed E-state index contributed by atoms with van der Waals surface area (Å²) in [6, 6.07) is 13.8. The highest BCUT2D eigenvalue weighted by molar-refractivity contribution is 5.17. The van der Waals surface area contributed by atoms with Crippen LogP contribution in [0.2, 0.25) is 0 Å². The summed E-state index contributed by atoms with van der Waals surface area (Å²) in [6.45, 7) is 3.17. The summed E-state index contributed by atoms with van der Waals surface area (Å²) in [5.41, 5.74) is 3.88. The number of aryl methyl sites for hydroxylation is 2. The summed E-state index contributed by atoms with van der Waals surface area (Å²) < 4.78 is 2.03. The number of hydrogen-bond donors (Lipinski definition) is 1. The van der Waals surface area contributed by atoms with Gasteiger partial charge in [-0.05, 0) is 56.7 Å². The van der Waals surface area contributed by atoms with Gasteiger partial charge in [0.2, 0.25) is 0 Å². The lowest BCUT2D eigenvalue weighted by atomic mass is 9.94. The molecule has 1 unspecified atom stereocenters. The Morgan fingerprint density at radius 1 is 1.24 bits per heavy atom. The van der Waals surface area contributed by atoms with Crippen LogP contribution in [0.1, 0.15) is 29.8 Å². The Morgan fingerprint density at radius 2 is 2.00 bits per heavy atom. The number of aromatic nitrogens is 2. The molecule has 1 aliphatic carbocycles. The van der Waals surface area contributed by atoms with Gasteiger partial charge in [-0.3, -0.25) is 4.68 Å². The standard InChI is InChI=1S/C18H25N3/c1-14-10-18(21(2)20-14)12-16(13-19-17-8-9-17)11-15-6-4-3-5-7-15/h3-7,10,16-17,19H,8-9,11-13H2,1-2H3. The largest absolute Gasteiger partial charge is 0.314 e. The zero-order chi connectivity index (χ0) is 14.7. The van der Waals surface area contributed by atoms with E-state index in [4.69, 9.17) is 0 Å². The van der Waals surface area contributed by atoms with Gasteiger partial charge in [0, 0.05) is 18.8 Å². The van der Waals surface area contributed by atoms with Gasteiger partial charge in [0.15, 0.2) is 0 Å². The zero-order valence-corrected chi connectivity index (χ0v) is 13.0. The molecule has 1 aromatic heterocycles. The van der Waals surface area contributed by atoms with Crippen molar-refractivity contribution >= 4 is 0 Å². The summed E-state index contributed by atoms with van der Waals surface area (Å²) in [7, 11) is 2.05. The average molecular weight is 283 g/mol. The number of nitrogens with one attached hydrogen (secondary N) is 1. The van der Waals surface area contributed by atoms with Crippen LogP contribution < -0.4 is 5.32 Å². The molecule has 1 saturated carbocycles. The SMILES string of the molecule is Cc1cc(CC(CNC2CC2)Cc2ccccc2)n(C)n1.